The lowest BCUT2D eigenvalue weighted by molar-refractivity contribution is 1.44. The molecular formula is C26H24N2. The van der Waals surface area contributed by atoms with Crippen LogP contribution in [0, 0.1) is 5.41 Å². The zero-order valence-corrected chi connectivity index (χ0v) is 16.0. The summed E-state index contributed by atoms with van der Waals surface area (Å²) in [5.74, 6) is 0. The fraction of sp³-hybridized carbons (Fsp3) is 0.0385. The van der Waals surface area contributed by atoms with Crippen molar-refractivity contribution < 1.29 is 0 Å². The van der Waals surface area contributed by atoms with Gasteiger partial charge in [-0.25, -0.2) is 0 Å². The van der Waals surface area contributed by atoms with Crippen LogP contribution >= 0.6 is 0 Å². The van der Waals surface area contributed by atoms with Crippen LogP contribution < -0.4 is 5.73 Å². The average Bonchev–Trinajstić information content (AvgIpc) is 2.74. The Morgan fingerprint density at radius 2 is 1.57 bits per heavy atom. The Balaban J connectivity index is 2.21. The fourth-order valence-corrected chi connectivity index (χ4v) is 3.17. The van der Waals surface area contributed by atoms with Crippen LogP contribution in [0.2, 0.25) is 0 Å². The first-order chi connectivity index (χ1) is 13.6. The topological polar surface area (TPSA) is 49.9 Å². The van der Waals surface area contributed by atoms with Gasteiger partial charge in [0.2, 0.25) is 0 Å². The molecule has 0 spiro atoms. The van der Waals surface area contributed by atoms with Gasteiger partial charge in [0.15, 0.2) is 0 Å². The fourth-order valence-electron chi connectivity index (χ4n) is 3.17. The summed E-state index contributed by atoms with van der Waals surface area (Å²) in [6, 6.07) is 24.0. The van der Waals surface area contributed by atoms with Gasteiger partial charge in [-0.3, -0.25) is 5.41 Å². The van der Waals surface area contributed by atoms with Crippen molar-refractivity contribution in [3.05, 3.63) is 120 Å². The lowest BCUT2D eigenvalue weighted by atomic mass is 9.92. The Morgan fingerprint density at radius 1 is 0.893 bits per heavy atom. The van der Waals surface area contributed by atoms with E-state index in [0.717, 1.165) is 33.4 Å². The molecule has 0 amide bonds. The van der Waals surface area contributed by atoms with Crippen molar-refractivity contribution >= 4 is 17.0 Å². The van der Waals surface area contributed by atoms with Crippen molar-refractivity contribution in [1.82, 2.24) is 0 Å². The van der Waals surface area contributed by atoms with E-state index in [2.05, 4.69) is 36.9 Å². The number of hydrogen-bond donors (Lipinski definition) is 2. The molecule has 0 aliphatic carbocycles. The number of anilines is 1. The van der Waals surface area contributed by atoms with E-state index in [0.29, 0.717) is 11.4 Å². The second-order valence-electron chi connectivity index (χ2n) is 6.49. The molecule has 3 rings (SSSR count). The second-order valence-corrected chi connectivity index (χ2v) is 6.49. The van der Waals surface area contributed by atoms with Crippen LogP contribution in [-0.2, 0) is 0 Å². The first kappa shape index (κ1) is 19.1. The number of nitrogens with two attached hydrogens (primary N) is 1. The maximum absolute atomic E-state index is 8.77. The Kier molecular flexibility index (Phi) is 6.03. The highest BCUT2D eigenvalue weighted by Crippen LogP contribution is 2.28. The molecule has 0 saturated carbocycles. The Morgan fingerprint density at radius 3 is 2.25 bits per heavy atom. The average molecular weight is 364 g/mol. The highest BCUT2D eigenvalue weighted by Gasteiger charge is 2.12. The zero-order valence-electron chi connectivity index (χ0n) is 16.0. The number of nitrogen functional groups attached to an aromatic ring is 1. The number of hydrogen-bond acceptors (Lipinski definition) is 2. The van der Waals surface area contributed by atoms with E-state index in [4.69, 9.17) is 11.1 Å². The van der Waals surface area contributed by atoms with Gasteiger partial charge >= 0.3 is 0 Å². The molecule has 0 atom stereocenters. The molecule has 0 saturated heterocycles. The van der Waals surface area contributed by atoms with Crippen LogP contribution in [0.5, 0.6) is 0 Å². The molecule has 0 heterocycles. The summed E-state index contributed by atoms with van der Waals surface area (Å²) in [5, 5.41) is 8.77. The summed E-state index contributed by atoms with van der Waals surface area (Å²) in [6.45, 7) is 5.83. The smallest absolute Gasteiger partial charge is 0.0705 e. The summed E-state index contributed by atoms with van der Waals surface area (Å²) in [7, 11) is 0. The number of para-hydroxylation sites is 1. The number of nitrogens with one attached hydrogen (secondary N) is 1. The minimum Gasteiger partial charge on any atom is -0.398 e. The molecule has 2 heteroatoms. The molecule has 3 aromatic rings. The van der Waals surface area contributed by atoms with Crippen molar-refractivity contribution in [3.63, 3.8) is 0 Å². The molecule has 138 valence electrons. The van der Waals surface area contributed by atoms with E-state index in [1.165, 1.54) is 0 Å². The maximum atomic E-state index is 8.77. The van der Waals surface area contributed by atoms with Crippen molar-refractivity contribution in [2.75, 3.05) is 5.73 Å². The lowest BCUT2D eigenvalue weighted by Crippen LogP contribution is -2.06. The van der Waals surface area contributed by atoms with Gasteiger partial charge in [0.1, 0.15) is 0 Å². The van der Waals surface area contributed by atoms with Gasteiger partial charge in [-0.2, -0.15) is 0 Å². The predicted molar refractivity (Wildman–Crippen MR) is 122 cm³/mol. The molecule has 0 unspecified atom stereocenters. The molecule has 3 aromatic carbocycles. The van der Waals surface area contributed by atoms with Crippen LogP contribution in [0.4, 0.5) is 5.69 Å². The third kappa shape index (κ3) is 4.18. The standard InChI is InChI=1S/C26H24N2/c1-3-10-19(11-4-2)21-16-22(20-12-6-5-7-13-20)18-23(17-21)26(28)24-14-8-9-15-25(24)27/h3-18,28H,1,27H2,2H3/b11-4-,19-10+,28-26?. The van der Waals surface area contributed by atoms with E-state index >= 15 is 0 Å². The van der Waals surface area contributed by atoms with Crippen molar-refractivity contribution in [2.45, 2.75) is 6.92 Å². The lowest BCUT2D eigenvalue weighted by Gasteiger charge is -2.13. The number of benzene rings is 3. The third-order valence-electron chi connectivity index (χ3n) is 4.54. The minimum absolute atomic E-state index is 0.413. The SMILES string of the molecule is C=C/C=C(\C=C/C)c1cc(C(=N)c2ccccc2N)cc(-c2ccccc2)c1. The Labute approximate surface area is 166 Å². The molecule has 0 bridgehead atoms. The normalized spacial score (nSPS) is 11.5. The quantitative estimate of drug-likeness (QED) is 0.293. The van der Waals surface area contributed by atoms with Crippen LogP contribution in [0.1, 0.15) is 23.6 Å². The van der Waals surface area contributed by atoms with Gasteiger partial charge in [0, 0.05) is 16.8 Å². The molecule has 0 aromatic heterocycles. The second kappa shape index (κ2) is 8.83. The van der Waals surface area contributed by atoms with E-state index < -0.39 is 0 Å². The van der Waals surface area contributed by atoms with Gasteiger partial charge in [-0.15, -0.1) is 0 Å². The summed E-state index contributed by atoms with van der Waals surface area (Å²) < 4.78 is 0. The highest BCUT2D eigenvalue weighted by atomic mass is 14.6. The third-order valence-corrected chi connectivity index (χ3v) is 4.54. The molecule has 0 fully saturated rings. The van der Waals surface area contributed by atoms with E-state index in [1.54, 1.807) is 6.08 Å². The summed E-state index contributed by atoms with van der Waals surface area (Å²) in [6.07, 6.45) is 7.82. The number of allylic oxidation sites excluding steroid dienone is 5. The van der Waals surface area contributed by atoms with Crippen LogP contribution in [0.15, 0.2) is 104 Å². The van der Waals surface area contributed by atoms with Crippen molar-refractivity contribution in [1.29, 1.82) is 5.41 Å². The van der Waals surface area contributed by atoms with Crippen LogP contribution in [0.3, 0.4) is 0 Å². The molecule has 0 aliphatic heterocycles. The van der Waals surface area contributed by atoms with Crippen LogP contribution in [-0.4, -0.2) is 5.71 Å². The molecule has 3 N–H and O–H groups in total. The first-order valence-corrected chi connectivity index (χ1v) is 9.24. The van der Waals surface area contributed by atoms with Gasteiger partial charge in [-0.1, -0.05) is 79.4 Å². The molecule has 0 aliphatic rings. The van der Waals surface area contributed by atoms with Crippen molar-refractivity contribution in [3.8, 4) is 11.1 Å². The van der Waals surface area contributed by atoms with E-state index in [1.807, 2.05) is 67.6 Å². The van der Waals surface area contributed by atoms with Gasteiger partial charge in [-0.05, 0) is 53.5 Å². The highest BCUT2D eigenvalue weighted by molar-refractivity contribution is 6.14. The van der Waals surface area contributed by atoms with E-state index in [9.17, 15) is 0 Å². The maximum Gasteiger partial charge on any atom is 0.0705 e. The molecule has 0 radical (unpaired) electrons. The largest absolute Gasteiger partial charge is 0.398 e. The predicted octanol–water partition coefficient (Wildman–Crippen LogP) is 6.50. The minimum atomic E-state index is 0.413. The van der Waals surface area contributed by atoms with Crippen molar-refractivity contribution in [2.24, 2.45) is 0 Å². The van der Waals surface area contributed by atoms with E-state index in [-0.39, 0.29) is 0 Å². The zero-order chi connectivity index (χ0) is 19.9. The molecule has 28 heavy (non-hydrogen) atoms. The van der Waals surface area contributed by atoms with Gasteiger partial charge < -0.3 is 5.73 Å². The Bertz CT molecular complexity index is 1060. The first-order valence-electron chi connectivity index (χ1n) is 9.24. The van der Waals surface area contributed by atoms with Crippen LogP contribution in [0.25, 0.3) is 16.7 Å². The molecular weight excluding hydrogens is 340 g/mol. The number of rotatable bonds is 6. The summed E-state index contributed by atoms with van der Waals surface area (Å²) >= 11 is 0. The van der Waals surface area contributed by atoms with Gasteiger partial charge in [0.25, 0.3) is 0 Å². The molecule has 2 nitrogen and oxygen atoms in total. The Hall–Kier alpha value is -3.65. The van der Waals surface area contributed by atoms with Gasteiger partial charge in [0.05, 0.1) is 5.71 Å². The summed E-state index contributed by atoms with van der Waals surface area (Å²) in [4.78, 5) is 0. The summed E-state index contributed by atoms with van der Waals surface area (Å²) in [5.41, 5.74) is 13.0. The monoisotopic (exact) mass is 364 g/mol.